The molecule has 1 heterocycles. The van der Waals surface area contributed by atoms with Gasteiger partial charge >= 0.3 is 5.97 Å². The highest BCUT2D eigenvalue weighted by Gasteiger charge is 2.31. The van der Waals surface area contributed by atoms with Crippen LogP contribution in [0.4, 0.5) is 5.13 Å². The molecule has 2 aromatic rings. The lowest BCUT2D eigenvalue weighted by molar-refractivity contribution is -0.148. The van der Waals surface area contributed by atoms with E-state index in [9.17, 15) is 9.59 Å². The van der Waals surface area contributed by atoms with Crippen LogP contribution in [0, 0.1) is 12.8 Å². The van der Waals surface area contributed by atoms with Gasteiger partial charge in [0.25, 0.3) is 5.91 Å². The number of carbonyl (C=O) groups excluding carboxylic acids is 2. The topological polar surface area (TPSA) is 68.3 Å². The van der Waals surface area contributed by atoms with Crippen molar-refractivity contribution in [3.63, 3.8) is 0 Å². The molecule has 1 saturated carbocycles. The highest BCUT2D eigenvalue weighted by Crippen LogP contribution is 2.30. The molecule has 6 heteroatoms. The number of anilines is 1. The van der Waals surface area contributed by atoms with Crippen LogP contribution in [0.1, 0.15) is 18.4 Å². The maximum atomic E-state index is 11.7. The molecule has 1 aliphatic rings. The van der Waals surface area contributed by atoms with Gasteiger partial charge in [-0.05, 0) is 19.8 Å². The molecule has 1 aromatic carbocycles. The van der Waals surface area contributed by atoms with Gasteiger partial charge in [0.15, 0.2) is 11.7 Å². The highest BCUT2D eigenvalue weighted by atomic mass is 32.1. The van der Waals surface area contributed by atoms with E-state index in [1.807, 2.05) is 36.6 Å². The number of nitrogens with zero attached hydrogens (tertiary/aromatic N) is 1. The molecule has 0 atom stereocenters. The number of esters is 1. The summed E-state index contributed by atoms with van der Waals surface area (Å²) in [5.74, 6) is -0.644. The van der Waals surface area contributed by atoms with E-state index in [-0.39, 0.29) is 24.4 Å². The van der Waals surface area contributed by atoms with E-state index >= 15 is 0 Å². The minimum atomic E-state index is -0.362. The predicted molar refractivity (Wildman–Crippen MR) is 84.6 cm³/mol. The van der Waals surface area contributed by atoms with Gasteiger partial charge < -0.3 is 4.74 Å². The molecular formula is C16H16N2O3S. The number of hydrogen-bond donors (Lipinski definition) is 1. The molecule has 1 amide bonds. The molecule has 0 radical (unpaired) electrons. The molecule has 114 valence electrons. The monoisotopic (exact) mass is 316 g/mol. The van der Waals surface area contributed by atoms with Crippen LogP contribution in [0.3, 0.4) is 0 Å². The van der Waals surface area contributed by atoms with E-state index in [0.29, 0.717) is 5.13 Å². The predicted octanol–water partition coefficient (Wildman–Crippen LogP) is 3.01. The molecule has 0 aliphatic heterocycles. The van der Waals surface area contributed by atoms with Crippen LogP contribution in [0.2, 0.25) is 0 Å². The second-order valence-electron chi connectivity index (χ2n) is 5.33. The molecule has 0 unspecified atom stereocenters. The van der Waals surface area contributed by atoms with E-state index in [0.717, 1.165) is 24.1 Å². The van der Waals surface area contributed by atoms with Gasteiger partial charge in [-0.15, -0.1) is 11.3 Å². The summed E-state index contributed by atoms with van der Waals surface area (Å²) in [4.78, 5) is 27.5. The Bertz CT molecular complexity index is 690. The fourth-order valence-electron chi connectivity index (χ4n) is 1.92. The first kappa shape index (κ1) is 14.7. The first-order valence-corrected chi connectivity index (χ1v) is 7.99. The maximum Gasteiger partial charge on any atom is 0.309 e. The van der Waals surface area contributed by atoms with Crippen LogP contribution in [0.5, 0.6) is 0 Å². The van der Waals surface area contributed by atoms with Gasteiger partial charge in [0, 0.05) is 10.9 Å². The number of carbonyl (C=O) groups is 2. The zero-order chi connectivity index (χ0) is 15.5. The summed E-state index contributed by atoms with van der Waals surface area (Å²) in [6.07, 6.45) is 1.74. The molecule has 22 heavy (non-hydrogen) atoms. The molecule has 0 saturated heterocycles. The van der Waals surface area contributed by atoms with E-state index in [2.05, 4.69) is 10.3 Å². The summed E-state index contributed by atoms with van der Waals surface area (Å²) >= 11 is 1.35. The Morgan fingerprint density at radius 3 is 2.73 bits per heavy atom. The summed E-state index contributed by atoms with van der Waals surface area (Å²) in [6, 6.07) is 8.02. The number of amides is 1. The van der Waals surface area contributed by atoms with Crippen molar-refractivity contribution in [3.05, 3.63) is 35.2 Å². The van der Waals surface area contributed by atoms with Crippen molar-refractivity contribution in [3.8, 4) is 11.3 Å². The molecule has 0 bridgehead atoms. The van der Waals surface area contributed by atoms with Gasteiger partial charge in [-0.2, -0.15) is 0 Å². The Labute approximate surface area is 132 Å². The third-order valence-corrected chi connectivity index (χ3v) is 4.11. The molecular weight excluding hydrogens is 300 g/mol. The average Bonchev–Trinajstić information content (AvgIpc) is 3.26. The standard InChI is InChI=1S/C16H16N2O3S/c1-10-2-4-11(5-3-10)13-9-22-16(17-13)18-14(19)8-21-15(20)12-6-7-12/h2-5,9,12H,6-8H2,1H3,(H,17,18,19). The van der Waals surface area contributed by atoms with Crippen molar-refractivity contribution < 1.29 is 14.3 Å². The highest BCUT2D eigenvalue weighted by molar-refractivity contribution is 7.14. The number of benzene rings is 1. The second kappa shape index (κ2) is 6.27. The molecule has 1 N–H and O–H groups in total. The normalized spacial score (nSPS) is 13.7. The van der Waals surface area contributed by atoms with Crippen molar-refractivity contribution in [2.75, 3.05) is 11.9 Å². The number of ether oxygens (including phenoxy) is 1. The third-order valence-electron chi connectivity index (χ3n) is 3.35. The van der Waals surface area contributed by atoms with Gasteiger partial charge in [-0.25, -0.2) is 4.98 Å². The fraction of sp³-hybridized carbons (Fsp3) is 0.312. The molecule has 1 aliphatic carbocycles. The van der Waals surface area contributed by atoms with Crippen molar-refractivity contribution >= 4 is 28.3 Å². The molecule has 1 fully saturated rings. The summed E-state index contributed by atoms with van der Waals surface area (Å²) in [6.45, 7) is 1.77. The minimum Gasteiger partial charge on any atom is -0.455 e. The summed E-state index contributed by atoms with van der Waals surface area (Å²) in [5, 5.41) is 5.04. The van der Waals surface area contributed by atoms with Gasteiger partial charge in [-0.3, -0.25) is 14.9 Å². The van der Waals surface area contributed by atoms with Crippen LogP contribution in [-0.2, 0) is 14.3 Å². The van der Waals surface area contributed by atoms with Gasteiger partial charge in [-0.1, -0.05) is 29.8 Å². The SMILES string of the molecule is Cc1ccc(-c2csc(NC(=O)COC(=O)C3CC3)n2)cc1. The Kier molecular flexibility index (Phi) is 4.20. The lowest BCUT2D eigenvalue weighted by Gasteiger charge is -2.03. The quantitative estimate of drug-likeness (QED) is 0.861. The minimum absolute atomic E-state index is 0.000743. The Morgan fingerprint density at radius 1 is 1.32 bits per heavy atom. The fourth-order valence-corrected chi connectivity index (χ4v) is 2.65. The summed E-state index contributed by atoms with van der Waals surface area (Å²) < 4.78 is 4.93. The zero-order valence-electron chi connectivity index (χ0n) is 12.2. The van der Waals surface area contributed by atoms with Crippen molar-refractivity contribution in [1.29, 1.82) is 0 Å². The van der Waals surface area contributed by atoms with Crippen LogP contribution < -0.4 is 5.32 Å². The number of hydrogen-bond acceptors (Lipinski definition) is 5. The average molecular weight is 316 g/mol. The number of nitrogens with one attached hydrogen (secondary N) is 1. The van der Waals surface area contributed by atoms with E-state index in [1.165, 1.54) is 16.9 Å². The van der Waals surface area contributed by atoms with Crippen LogP contribution in [0.25, 0.3) is 11.3 Å². The van der Waals surface area contributed by atoms with Crippen LogP contribution >= 0.6 is 11.3 Å². The summed E-state index contributed by atoms with van der Waals surface area (Å²) in [5.41, 5.74) is 3.00. The van der Waals surface area contributed by atoms with Gasteiger partial charge in [0.1, 0.15) is 0 Å². The molecule has 5 nitrogen and oxygen atoms in total. The van der Waals surface area contributed by atoms with Gasteiger partial charge in [0.05, 0.1) is 11.6 Å². The first-order valence-electron chi connectivity index (χ1n) is 7.11. The number of aromatic nitrogens is 1. The summed E-state index contributed by atoms with van der Waals surface area (Å²) in [7, 11) is 0. The maximum absolute atomic E-state index is 11.7. The molecule has 0 spiro atoms. The van der Waals surface area contributed by atoms with E-state index in [1.54, 1.807) is 0 Å². The lowest BCUT2D eigenvalue weighted by Crippen LogP contribution is -2.21. The van der Waals surface area contributed by atoms with Crippen LogP contribution in [-0.4, -0.2) is 23.5 Å². The number of aryl methyl sites for hydroxylation is 1. The largest absolute Gasteiger partial charge is 0.455 e. The van der Waals surface area contributed by atoms with Crippen molar-refractivity contribution in [1.82, 2.24) is 4.98 Å². The molecule has 3 rings (SSSR count). The van der Waals surface area contributed by atoms with Gasteiger partial charge in [0.2, 0.25) is 0 Å². The van der Waals surface area contributed by atoms with E-state index < -0.39 is 0 Å². The Hall–Kier alpha value is -2.21. The van der Waals surface area contributed by atoms with Crippen molar-refractivity contribution in [2.45, 2.75) is 19.8 Å². The first-order chi connectivity index (χ1) is 10.6. The second-order valence-corrected chi connectivity index (χ2v) is 6.19. The smallest absolute Gasteiger partial charge is 0.309 e. The zero-order valence-corrected chi connectivity index (χ0v) is 13.0. The number of rotatable bonds is 5. The third kappa shape index (κ3) is 3.71. The number of thiazole rings is 1. The Morgan fingerprint density at radius 2 is 2.05 bits per heavy atom. The van der Waals surface area contributed by atoms with E-state index in [4.69, 9.17) is 4.74 Å². The Balaban J connectivity index is 1.55. The van der Waals surface area contributed by atoms with Crippen LogP contribution in [0.15, 0.2) is 29.6 Å². The molecule has 1 aromatic heterocycles. The lowest BCUT2D eigenvalue weighted by atomic mass is 10.1. The van der Waals surface area contributed by atoms with Crippen molar-refractivity contribution in [2.24, 2.45) is 5.92 Å².